The van der Waals surface area contributed by atoms with Crippen molar-refractivity contribution in [3.8, 4) is 11.3 Å². The van der Waals surface area contributed by atoms with Gasteiger partial charge in [0.05, 0.1) is 49.9 Å². The first-order valence-electron chi connectivity index (χ1n) is 26.8. The molecule has 3 aromatic rings. The molecule has 3 aliphatic heterocycles. The molecule has 0 spiro atoms. The Hall–Kier alpha value is -4.75. The highest BCUT2D eigenvalue weighted by Crippen LogP contribution is 2.40. The van der Waals surface area contributed by atoms with Crippen LogP contribution < -0.4 is 5.32 Å². The molecule has 5 fully saturated rings. The van der Waals surface area contributed by atoms with E-state index < -0.39 is 165 Å². The van der Waals surface area contributed by atoms with Gasteiger partial charge in [-0.15, -0.1) is 5.10 Å². The van der Waals surface area contributed by atoms with E-state index in [2.05, 4.69) is 15.6 Å². The van der Waals surface area contributed by atoms with Crippen molar-refractivity contribution >= 4 is 17.8 Å². The van der Waals surface area contributed by atoms with Crippen LogP contribution in [0.3, 0.4) is 0 Å². The Morgan fingerprint density at radius 2 is 1.49 bits per heavy atom. The van der Waals surface area contributed by atoms with Crippen LogP contribution in [0, 0.1) is 36.3 Å². The van der Waals surface area contributed by atoms with E-state index in [1.165, 1.54) is 38.2 Å². The lowest BCUT2D eigenvalue weighted by molar-refractivity contribution is -0.349. The number of nitrogens with zero attached hydrogens (tertiary/aromatic N) is 3. The Morgan fingerprint density at radius 1 is 0.797 bits per heavy atom. The lowest BCUT2D eigenvalue weighted by Crippen LogP contribution is -2.64. The Balaban J connectivity index is 1.01. The van der Waals surface area contributed by atoms with Crippen LogP contribution in [0.2, 0.25) is 0 Å². The van der Waals surface area contributed by atoms with E-state index in [9.17, 15) is 69.1 Å². The Morgan fingerprint density at radius 3 is 2.18 bits per heavy atom. The molecule has 9 unspecified atom stereocenters. The first-order valence-corrected chi connectivity index (χ1v) is 26.8. The highest BCUT2D eigenvalue weighted by Gasteiger charge is 2.54. The molecule has 10 N–H and O–H groups in total. The summed E-state index contributed by atoms with van der Waals surface area (Å²) in [6.45, 7) is 2.50. The molecular weight excluding hydrogens is 1050 g/mol. The van der Waals surface area contributed by atoms with Crippen molar-refractivity contribution in [3.05, 3.63) is 71.4 Å². The molecule has 1 amide bonds. The fraction of sp³-hybridized carbons (Fsp3) is 0.679. The van der Waals surface area contributed by atoms with Crippen LogP contribution in [0.5, 0.6) is 0 Å². The van der Waals surface area contributed by atoms with Crippen LogP contribution in [0.1, 0.15) is 87.2 Å². The summed E-state index contributed by atoms with van der Waals surface area (Å²) in [5.74, 6) is -6.52. The summed E-state index contributed by atoms with van der Waals surface area (Å²) in [6, 6.07) is 8.71. The lowest BCUT2D eigenvalue weighted by atomic mass is 9.77. The second-order valence-corrected chi connectivity index (χ2v) is 21.3. The van der Waals surface area contributed by atoms with Gasteiger partial charge in [-0.05, 0) is 74.8 Å². The van der Waals surface area contributed by atoms with Crippen molar-refractivity contribution in [3.63, 3.8) is 0 Å². The van der Waals surface area contributed by atoms with Crippen LogP contribution in [0.25, 0.3) is 11.3 Å². The number of amides is 1. The maximum atomic E-state index is 14.3. The summed E-state index contributed by atoms with van der Waals surface area (Å²) in [5, 5.41) is 109. The Bertz CT molecular complexity index is 2470. The number of carbonyl (C=O) groups excluding carboxylic acids is 2. The van der Waals surface area contributed by atoms with Gasteiger partial charge in [0, 0.05) is 18.0 Å². The topological polar surface area (TPSA) is 350 Å². The minimum atomic E-state index is -1.77. The highest BCUT2D eigenvalue weighted by atomic mass is 19.2. The number of ether oxygens (including phenoxy) is 8. The SMILES string of the molecule is Cc1cc(-c2cn(C3C(O)[C@@H](OCCNC(=O)C4C[C@@H](C)C(O[C@@H]5OC(C)[C@@H](O)[C@H](O)C5O)[C@H](O[C@@H]5OC(CO)[C@H](O)C(O[C@@H](CC6CCCCC6)C(=O)O)C5OC(=O)c5ccccc5)C4)O[C@H](CO)[C@H]3O)nn2)cc(F)c1F. The number of aliphatic carboxylic acids is 1. The molecular formula is C53H72F2N4O20. The van der Waals surface area contributed by atoms with Crippen LogP contribution >= 0.6 is 0 Å². The number of hydrogen-bond acceptors (Lipinski definition) is 21. The summed E-state index contributed by atoms with van der Waals surface area (Å²) in [6.07, 6.45) is -20.2. The smallest absolute Gasteiger partial charge is 0.338 e. The molecule has 2 saturated carbocycles. The van der Waals surface area contributed by atoms with Gasteiger partial charge in [0.25, 0.3) is 0 Å². The fourth-order valence-corrected chi connectivity index (χ4v) is 11.3. The second-order valence-electron chi connectivity index (χ2n) is 21.3. The molecule has 3 saturated heterocycles. The number of esters is 1. The van der Waals surface area contributed by atoms with Crippen molar-refractivity contribution in [2.75, 3.05) is 26.4 Å². The van der Waals surface area contributed by atoms with E-state index in [0.717, 1.165) is 42.9 Å². The summed E-state index contributed by atoms with van der Waals surface area (Å²) >= 11 is 0. The molecule has 0 bridgehead atoms. The number of rotatable bonds is 20. The van der Waals surface area contributed by atoms with Gasteiger partial charge in [-0.2, -0.15) is 0 Å². The number of aliphatic hydroxyl groups is 8. The number of nitrogens with one attached hydrogen (secondary N) is 1. The third-order valence-electron chi connectivity index (χ3n) is 15.7. The monoisotopic (exact) mass is 1120 g/mol. The molecule has 0 radical (unpaired) electrons. The minimum Gasteiger partial charge on any atom is -0.479 e. The standard InChI is InChI=1S/C53H72F2N4O20/c1-24-16-29(19-31(54)37(24)55)32-21-59(58-57-32)38-40(63)35(22-60)76-51(42(38)65)72-15-14-56-48(68)30-17-25(2)45(79-52-44(67)43(66)39(62)26(3)73-52)33(20-30)75-53-47(78-50(71)28-12-8-5-9-13-28)46(41(64)36(23-61)77-53)74-34(49(69)70)18-27-10-6-4-7-11-27/h5,8-9,12-13,16,19,21,25-27,30,33-36,38-47,51-53,60-67H,4,6-7,10-11,14-15,17-18,20,22-23H2,1-3H3,(H,56,68)(H,69,70)/t25-,26?,30?,33-,34+,35-,36?,38?,39-,40-,41+,42?,43+,44?,45?,46?,47?,51+,52+,53-/m1/s1. The zero-order valence-electron chi connectivity index (χ0n) is 43.8. The minimum absolute atomic E-state index is 0.00644. The number of carbonyl (C=O) groups is 3. The molecule has 5 aliphatic rings. The number of carboxylic acid groups (broad SMARTS) is 1. The summed E-state index contributed by atoms with van der Waals surface area (Å²) < 4.78 is 78.2. The van der Waals surface area contributed by atoms with Gasteiger partial charge in [0.15, 0.2) is 42.7 Å². The van der Waals surface area contributed by atoms with Crippen molar-refractivity contribution < 1.29 is 107 Å². The molecule has 4 heterocycles. The third kappa shape index (κ3) is 14.0. The van der Waals surface area contributed by atoms with E-state index in [1.807, 2.05) is 0 Å². The maximum absolute atomic E-state index is 14.3. The summed E-state index contributed by atoms with van der Waals surface area (Å²) in [4.78, 5) is 41.0. The van der Waals surface area contributed by atoms with E-state index in [4.69, 9.17) is 37.9 Å². The number of aryl methyl sites for hydroxylation is 1. The van der Waals surface area contributed by atoms with Gasteiger partial charge in [0.2, 0.25) is 5.91 Å². The quantitative estimate of drug-likeness (QED) is 0.0541. The Labute approximate surface area is 453 Å². The van der Waals surface area contributed by atoms with Crippen LogP contribution in [-0.4, -0.2) is 209 Å². The van der Waals surface area contributed by atoms with Crippen molar-refractivity contribution in [1.82, 2.24) is 20.3 Å². The lowest BCUT2D eigenvalue weighted by Gasteiger charge is -2.48. The molecule has 2 aliphatic carbocycles. The predicted molar refractivity (Wildman–Crippen MR) is 265 cm³/mol. The van der Waals surface area contributed by atoms with Gasteiger partial charge in [0.1, 0.15) is 66.7 Å². The number of aromatic nitrogens is 3. The Kier molecular flexibility index (Phi) is 20.5. The van der Waals surface area contributed by atoms with E-state index in [1.54, 1.807) is 25.1 Å². The molecule has 26 heteroatoms. The maximum Gasteiger partial charge on any atom is 0.338 e. The number of hydrogen-bond donors (Lipinski definition) is 10. The largest absolute Gasteiger partial charge is 0.479 e. The molecule has 24 nitrogen and oxygen atoms in total. The first kappa shape index (κ1) is 60.3. The van der Waals surface area contributed by atoms with Crippen molar-refractivity contribution in [2.45, 2.75) is 183 Å². The third-order valence-corrected chi connectivity index (χ3v) is 15.7. The predicted octanol–water partition coefficient (Wildman–Crippen LogP) is 0.401. The van der Waals surface area contributed by atoms with Crippen LogP contribution in [0.4, 0.5) is 8.78 Å². The van der Waals surface area contributed by atoms with Crippen molar-refractivity contribution in [2.24, 2.45) is 17.8 Å². The molecule has 79 heavy (non-hydrogen) atoms. The van der Waals surface area contributed by atoms with E-state index in [0.29, 0.717) is 0 Å². The molecule has 8 rings (SSSR count). The van der Waals surface area contributed by atoms with Gasteiger partial charge in [-0.3, -0.25) is 4.79 Å². The second kappa shape index (κ2) is 26.9. The fourth-order valence-electron chi connectivity index (χ4n) is 11.3. The zero-order chi connectivity index (χ0) is 56.8. The van der Waals surface area contributed by atoms with Gasteiger partial charge in [-0.1, -0.05) is 62.4 Å². The van der Waals surface area contributed by atoms with Crippen LogP contribution in [-0.2, 0) is 47.5 Å². The van der Waals surface area contributed by atoms with Crippen LogP contribution in [0.15, 0.2) is 48.7 Å². The van der Waals surface area contributed by atoms with E-state index in [-0.39, 0.29) is 60.7 Å². The molecule has 438 valence electrons. The number of carboxylic acids is 1. The zero-order valence-corrected chi connectivity index (χ0v) is 43.8. The van der Waals surface area contributed by atoms with Gasteiger partial charge >= 0.3 is 11.9 Å². The number of benzene rings is 2. The average molecular weight is 1120 g/mol. The summed E-state index contributed by atoms with van der Waals surface area (Å²) in [7, 11) is 0. The molecule has 1 aromatic heterocycles. The number of aliphatic hydroxyl groups excluding tert-OH is 8. The average Bonchev–Trinajstić information content (AvgIpc) is 3.96. The number of halogens is 2. The molecule has 2 aromatic carbocycles. The van der Waals surface area contributed by atoms with Gasteiger partial charge in [-0.25, -0.2) is 23.1 Å². The molecule has 20 atom stereocenters. The summed E-state index contributed by atoms with van der Waals surface area (Å²) in [5.41, 5.74) is 0.328. The van der Waals surface area contributed by atoms with Crippen molar-refractivity contribution in [1.29, 1.82) is 0 Å². The van der Waals surface area contributed by atoms with E-state index >= 15 is 0 Å². The first-order chi connectivity index (χ1) is 37.8. The van der Waals surface area contributed by atoms with Gasteiger partial charge < -0.3 is 89.2 Å². The normalized spacial score (nSPS) is 35.8. The highest BCUT2D eigenvalue weighted by molar-refractivity contribution is 5.89.